The molecule has 2 rings (SSSR count). The molecule has 1 heterocycles. The lowest BCUT2D eigenvalue weighted by molar-refractivity contribution is 0.435. The van der Waals surface area contributed by atoms with Crippen LogP contribution in [0.3, 0.4) is 0 Å². The van der Waals surface area contributed by atoms with Crippen LogP contribution in [0.25, 0.3) is 0 Å². The number of hydrogen-bond acceptors (Lipinski definition) is 4. The normalized spacial score (nSPS) is 17.7. The molecule has 0 atom stereocenters. The molecule has 0 amide bonds. The molecule has 21 heavy (non-hydrogen) atoms. The first-order valence-electron chi connectivity index (χ1n) is 6.68. The van der Waals surface area contributed by atoms with Crippen molar-refractivity contribution >= 4 is 45.0 Å². The Kier molecular flexibility index (Phi) is 6.23. The zero-order chi connectivity index (χ0) is 15.5. The van der Waals surface area contributed by atoms with Crippen LogP contribution in [0.1, 0.15) is 12.0 Å². The lowest BCUT2D eigenvalue weighted by Crippen LogP contribution is -2.33. The van der Waals surface area contributed by atoms with Crippen LogP contribution in [0.2, 0.25) is 10.0 Å². The van der Waals surface area contributed by atoms with E-state index in [0.29, 0.717) is 30.2 Å². The second kappa shape index (κ2) is 7.53. The zero-order valence-electron chi connectivity index (χ0n) is 11.7. The van der Waals surface area contributed by atoms with Crippen molar-refractivity contribution < 1.29 is 8.42 Å². The molecule has 0 aliphatic carbocycles. The van der Waals surface area contributed by atoms with Gasteiger partial charge in [-0.2, -0.15) is 16.1 Å². The van der Waals surface area contributed by atoms with Crippen LogP contribution >= 0.6 is 35.0 Å². The molecule has 0 spiro atoms. The molecule has 1 aromatic carbocycles. The van der Waals surface area contributed by atoms with E-state index in [0.717, 1.165) is 17.9 Å². The van der Waals surface area contributed by atoms with Crippen LogP contribution in [0.15, 0.2) is 17.0 Å². The van der Waals surface area contributed by atoms with Crippen molar-refractivity contribution in [3.05, 3.63) is 27.7 Å². The van der Waals surface area contributed by atoms with Gasteiger partial charge in [-0.15, -0.1) is 0 Å². The van der Waals surface area contributed by atoms with Crippen LogP contribution in [-0.4, -0.2) is 44.4 Å². The predicted molar refractivity (Wildman–Crippen MR) is 89.9 cm³/mol. The van der Waals surface area contributed by atoms with Crippen LogP contribution in [-0.2, 0) is 16.6 Å². The van der Waals surface area contributed by atoms with Gasteiger partial charge in [-0.25, -0.2) is 8.42 Å². The smallest absolute Gasteiger partial charge is 0.244 e. The Balaban J connectivity index is 2.42. The number of benzene rings is 1. The highest BCUT2D eigenvalue weighted by Gasteiger charge is 2.28. The first kappa shape index (κ1) is 17.4. The van der Waals surface area contributed by atoms with E-state index in [2.05, 4.69) is 5.32 Å². The summed E-state index contributed by atoms with van der Waals surface area (Å²) in [6.45, 7) is 1.49. The van der Waals surface area contributed by atoms with Gasteiger partial charge in [-0.3, -0.25) is 0 Å². The summed E-state index contributed by atoms with van der Waals surface area (Å²) in [5.74, 6) is 1.80. The highest BCUT2D eigenvalue weighted by molar-refractivity contribution is 7.99. The van der Waals surface area contributed by atoms with Crippen molar-refractivity contribution in [3.63, 3.8) is 0 Å². The van der Waals surface area contributed by atoms with Crippen molar-refractivity contribution in [1.82, 2.24) is 9.62 Å². The fourth-order valence-corrected chi connectivity index (χ4v) is 5.58. The molecule has 1 aromatic rings. The Morgan fingerprint density at radius 2 is 2.05 bits per heavy atom. The van der Waals surface area contributed by atoms with E-state index >= 15 is 0 Å². The number of nitrogens with one attached hydrogen (secondary N) is 1. The van der Waals surface area contributed by atoms with Gasteiger partial charge in [0.05, 0.1) is 5.02 Å². The Morgan fingerprint density at radius 3 is 2.76 bits per heavy atom. The SMILES string of the molecule is CNCc1c(Cl)ccc(S(=O)(=O)N2CCCSCC2)c1Cl. The zero-order valence-corrected chi connectivity index (χ0v) is 14.9. The fourth-order valence-electron chi connectivity index (χ4n) is 2.22. The molecule has 8 heteroatoms. The number of sulfonamides is 1. The molecule has 1 N–H and O–H groups in total. The summed E-state index contributed by atoms with van der Waals surface area (Å²) >= 11 is 14.2. The summed E-state index contributed by atoms with van der Waals surface area (Å²) < 4.78 is 27.1. The molecule has 4 nitrogen and oxygen atoms in total. The number of rotatable bonds is 4. The third kappa shape index (κ3) is 3.86. The minimum atomic E-state index is -3.57. The number of hydrogen-bond donors (Lipinski definition) is 1. The quantitative estimate of drug-likeness (QED) is 0.887. The molecule has 0 radical (unpaired) electrons. The molecule has 0 unspecified atom stereocenters. The Morgan fingerprint density at radius 1 is 1.29 bits per heavy atom. The average molecular weight is 369 g/mol. The maximum Gasteiger partial charge on any atom is 0.244 e. The third-order valence-corrected chi connectivity index (χ3v) is 7.19. The van der Waals surface area contributed by atoms with Crippen molar-refractivity contribution in [2.75, 3.05) is 31.6 Å². The van der Waals surface area contributed by atoms with Gasteiger partial charge in [0.1, 0.15) is 4.90 Å². The lowest BCUT2D eigenvalue weighted by Gasteiger charge is -2.21. The van der Waals surface area contributed by atoms with Crippen LogP contribution in [0, 0.1) is 0 Å². The molecule has 1 saturated heterocycles. The minimum absolute atomic E-state index is 0.144. The van der Waals surface area contributed by atoms with Gasteiger partial charge in [0, 0.05) is 36.0 Å². The monoisotopic (exact) mass is 368 g/mol. The van der Waals surface area contributed by atoms with Crippen molar-refractivity contribution in [2.24, 2.45) is 0 Å². The Hall–Kier alpha value is 0.0200. The minimum Gasteiger partial charge on any atom is -0.316 e. The van der Waals surface area contributed by atoms with E-state index in [1.165, 1.54) is 10.4 Å². The maximum atomic E-state index is 12.8. The first-order valence-corrected chi connectivity index (χ1v) is 10.0. The van der Waals surface area contributed by atoms with Crippen LogP contribution in [0.4, 0.5) is 0 Å². The number of thioether (sulfide) groups is 1. The fraction of sp³-hybridized carbons (Fsp3) is 0.538. The standard InChI is InChI=1S/C13H18Cl2N2O2S2/c1-16-9-10-11(14)3-4-12(13(10)15)21(18,19)17-5-2-7-20-8-6-17/h3-4,16H,2,5-9H2,1H3. The van der Waals surface area contributed by atoms with E-state index in [9.17, 15) is 8.42 Å². The molecule has 0 aromatic heterocycles. The Labute approximate surface area is 140 Å². The topological polar surface area (TPSA) is 49.4 Å². The average Bonchev–Trinajstić information content (AvgIpc) is 2.72. The number of halogens is 2. The van der Waals surface area contributed by atoms with E-state index in [1.54, 1.807) is 24.9 Å². The van der Waals surface area contributed by atoms with Crippen LogP contribution < -0.4 is 5.32 Å². The van der Waals surface area contributed by atoms with E-state index in [4.69, 9.17) is 23.2 Å². The molecular formula is C13H18Cl2N2O2S2. The second-order valence-corrected chi connectivity index (χ2v) is 8.65. The molecule has 0 bridgehead atoms. The molecule has 1 aliphatic rings. The summed E-state index contributed by atoms with van der Waals surface area (Å²) in [5, 5.41) is 3.64. The maximum absolute atomic E-state index is 12.8. The highest BCUT2D eigenvalue weighted by atomic mass is 35.5. The number of nitrogens with zero attached hydrogens (tertiary/aromatic N) is 1. The largest absolute Gasteiger partial charge is 0.316 e. The van der Waals surface area contributed by atoms with E-state index in [1.807, 2.05) is 0 Å². The van der Waals surface area contributed by atoms with Gasteiger partial charge < -0.3 is 5.32 Å². The van der Waals surface area contributed by atoms with Crippen molar-refractivity contribution in [2.45, 2.75) is 17.9 Å². The van der Waals surface area contributed by atoms with Crippen LogP contribution in [0.5, 0.6) is 0 Å². The highest BCUT2D eigenvalue weighted by Crippen LogP contribution is 2.33. The van der Waals surface area contributed by atoms with E-state index in [-0.39, 0.29) is 9.92 Å². The summed E-state index contributed by atoms with van der Waals surface area (Å²) in [6, 6.07) is 3.09. The van der Waals surface area contributed by atoms with Gasteiger partial charge in [0.2, 0.25) is 10.0 Å². The third-order valence-electron chi connectivity index (χ3n) is 3.30. The first-order chi connectivity index (χ1) is 9.98. The molecule has 0 saturated carbocycles. The summed E-state index contributed by atoms with van der Waals surface area (Å²) in [5.41, 5.74) is 0.617. The predicted octanol–water partition coefficient (Wildman–Crippen LogP) is 2.84. The summed E-state index contributed by atoms with van der Waals surface area (Å²) in [7, 11) is -1.81. The molecular weight excluding hydrogens is 351 g/mol. The van der Waals surface area contributed by atoms with E-state index < -0.39 is 10.0 Å². The molecule has 1 fully saturated rings. The van der Waals surface area contributed by atoms with Gasteiger partial charge >= 0.3 is 0 Å². The molecule has 118 valence electrons. The Bertz CT molecular complexity index is 600. The van der Waals surface area contributed by atoms with Gasteiger partial charge in [-0.1, -0.05) is 23.2 Å². The lowest BCUT2D eigenvalue weighted by atomic mass is 10.2. The second-order valence-electron chi connectivity index (χ2n) is 4.74. The van der Waals surface area contributed by atoms with Crippen molar-refractivity contribution in [1.29, 1.82) is 0 Å². The van der Waals surface area contributed by atoms with Gasteiger partial charge in [-0.05, 0) is 31.4 Å². The summed E-state index contributed by atoms with van der Waals surface area (Å²) in [6.07, 6.45) is 0.860. The van der Waals surface area contributed by atoms with Crippen molar-refractivity contribution in [3.8, 4) is 0 Å². The van der Waals surface area contributed by atoms with Gasteiger partial charge in [0.15, 0.2) is 0 Å². The van der Waals surface area contributed by atoms with Gasteiger partial charge in [0.25, 0.3) is 0 Å². The molecule has 1 aliphatic heterocycles. The summed E-state index contributed by atoms with van der Waals surface area (Å²) in [4.78, 5) is 0.144.